The zero-order chi connectivity index (χ0) is 42.6. The van der Waals surface area contributed by atoms with Crippen molar-refractivity contribution < 1.29 is 34.1 Å². The van der Waals surface area contributed by atoms with E-state index in [1.807, 2.05) is 0 Å². The third kappa shape index (κ3) is 39.4. The predicted molar refractivity (Wildman–Crippen MR) is 240 cm³/mol. The maximum absolute atomic E-state index is 12.8. The molecule has 0 spiro atoms. The molecule has 0 aromatic carbocycles. The lowest BCUT2D eigenvalue weighted by Crippen LogP contribution is -2.47. The average molecular weight is 813 g/mol. The van der Waals surface area contributed by atoms with Crippen molar-refractivity contribution in [3.05, 3.63) is 60.8 Å². The van der Waals surface area contributed by atoms with Crippen LogP contribution >= 0.6 is 0 Å². The van der Waals surface area contributed by atoms with Crippen LogP contribution in [0.3, 0.4) is 0 Å². The maximum Gasteiger partial charge on any atom is 0.328 e. The van der Waals surface area contributed by atoms with E-state index < -0.39 is 24.5 Å². The minimum absolute atomic E-state index is 0.0481. The van der Waals surface area contributed by atoms with Crippen LogP contribution in [0.4, 0.5) is 0 Å². The highest BCUT2D eigenvalue weighted by Gasteiger charge is 2.19. The Labute approximate surface area is 353 Å². The van der Waals surface area contributed by atoms with Gasteiger partial charge in [-0.3, -0.25) is 14.4 Å². The molecule has 0 aliphatic rings. The fourth-order valence-corrected chi connectivity index (χ4v) is 6.46. The Hall–Kier alpha value is -3.46. The highest BCUT2D eigenvalue weighted by molar-refractivity contribution is 5.87. The Balaban J connectivity index is 4.43. The fraction of sp³-hybridized carbons (Fsp3) is 0.714. The van der Waals surface area contributed by atoms with E-state index >= 15 is 0 Å². The summed E-state index contributed by atoms with van der Waals surface area (Å²) < 4.78 is 6.03. The molecule has 9 nitrogen and oxygen atoms in total. The van der Waals surface area contributed by atoms with E-state index in [0.29, 0.717) is 12.8 Å². The first-order chi connectivity index (χ1) is 28.3. The van der Waals surface area contributed by atoms with Crippen LogP contribution in [-0.4, -0.2) is 59.3 Å². The second-order valence-corrected chi connectivity index (χ2v) is 15.5. The summed E-state index contributed by atoms with van der Waals surface area (Å²) >= 11 is 0. The van der Waals surface area contributed by atoms with E-state index in [-0.39, 0.29) is 30.9 Å². The molecule has 2 unspecified atom stereocenters. The summed E-state index contributed by atoms with van der Waals surface area (Å²) in [6.07, 6.45) is 52.4. The predicted octanol–water partition coefficient (Wildman–Crippen LogP) is 11.7. The van der Waals surface area contributed by atoms with Crippen LogP contribution in [0.2, 0.25) is 0 Å². The standard InChI is InChI=1S/C49H84N2O7/c1-3-5-7-9-11-13-15-17-19-21-23-25-27-30-34-38-44(39-35-31-29-32-36-40-46(53)50-42-47(54)51-45(43-52)49(56)57)58-48(55)41-37-33-28-26-24-22-20-18-16-14-12-10-8-6-4-2/h6,8,12,14-15,17-18,20-21,23,44-45,52H,3-5,7,9-11,13,16,19,22,24-43H2,1-2H3,(H,50,53)(H,51,54)(H,56,57)/b8-6-,14-12-,17-15-,20-18-,23-21-. The number of allylic oxidation sites excluding steroid dienone is 10. The molecule has 0 heterocycles. The van der Waals surface area contributed by atoms with Gasteiger partial charge in [-0.15, -0.1) is 0 Å². The van der Waals surface area contributed by atoms with Crippen LogP contribution in [0.1, 0.15) is 200 Å². The molecule has 0 saturated heterocycles. The molecule has 2 atom stereocenters. The van der Waals surface area contributed by atoms with Crippen LogP contribution in [0, 0.1) is 0 Å². The van der Waals surface area contributed by atoms with E-state index in [0.717, 1.165) is 116 Å². The number of aliphatic hydroxyl groups is 1. The number of hydrogen-bond acceptors (Lipinski definition) is 6. The number of carbonyl (C=O) groups is 4. The highest BCUT2D eigenvalue weighted by atomic mass is 16.5. The molecule has 9 heteroatoms. The zero-order valence-corrected chi connectivity index (χ0v) is 36.8. The Morgan fingerprint density at radius 3 is 1.50 bits per heavy atom. The molecule has 0 radical (unpaired) electrons. The number of unbranched alkanes of at least 4 members (excludes halogenated alkanes) is 17. The summed E-state index contributed by atoms with van der Waals surface area (Å²) in [5, 5.41) is 22.6. The number of carboxylic acids is 1. The van der Waals surface area contributed by atoms with Crippen molar-refractivity contribution in [3.8, 4) is 0 Å². The van der Waals surface area contributed by atoms with Crippen molar-refractivity contribution in [1.29, 1.82) is 0 Å². The minimum atomic E-state index is -1.39. The largest absolute Gasteiger partial charge is 0.480 e. The maximum atomic E-state index is 12.8. The summed E-state index contributed by atoms with van der Waals surface area (Å²) in [5.74, 6) is -2.33. The molecule has 0 saturated carbocycles. The van der Waals surface area contributed by atoms with Gasteiger partial charge in [0.15, 0.2) is 0 Å². The lowest BCUT2D eigenvalue weighted by atomic mass is 10.0. The number of ether oxygens (including phenoxy) is 1. The topological polar surface area (TPSA) is 142 Å². The van der Waals surface area contributed by atoms with E-state index in [9.17, 15) is 19.2 Å². The van der Waals surface area contributed by atoms with Gasteiger partial charge in [-0.2, -0.15) is 0 Å². The molecule has 58 heavy (non-hydrogen) atoms. The van der Waals surface area contributed by atoms with Crippen molar-refractivity contribution >= 4 is 23.8 Å². The molecule has 0 aliphatic heterocycles. The number of carbonyl (C=O) groups excluding carboxylic acids is 3. The quantitative estimate of drug-likeness (QED) is 0.0273. The number of nitrogens with one attached hydrogen (secondary N) is 2. The van der Waals surface area contributed by atoms with Gasteiger partial charge in [0, 0.05) is 12.8 Å². The Kier molecular flexibility index (Phi) is 40.6. The summed E-state index contributed by atoms with van der Waals surface area (Å²) in [5.41, 5.74) is 0. The normalized spacial score (nSPS) is 13.0. The van der Waals surface area contributed by atoms with Gasteiger partial charge in [0.05, 0.1) is 13.2 Å². The van der Waals surface area contributed by atoms with Crippen LogP contribution in [0.5, 0.6) is 0 Å². The number of amides is 2. The van der Waals surface area contributed by atoms with Gasteiger partial charge in [-0.1, -0.05) is 145 Å². The molecule has 2 amide bonds. The van der Waals surface area contributed by atoms with E-state index in [1.54, 1.807) is 0 Å². The molecule has 4 N–H and O–H groups in total. The Morgan fingerprint density at radius 1 is 0.534 bits per heavy atom. The van der Waals surface area contributed by atoms with E-state index in [1.165, 1.54) is 51.4 Å². The molecule has 0 fully saturated rings. The van der Waals surface area contributed by atoms with Crippen molar-refractivity contribution in [2.75, 3.05) is 13.2 Å². The second-order valence-electron chi connectivity index (χ2n) is 15.5. The first-order valence-electron chi connectivity index (χ1n) is 23.2. The van der Waals surface area contributed by atoms with Crippen LogP contribution in [0.25, 0.3) is 0 Å². The second kappa shape index (κ2) is 43.1. The van der Waals surface area contributed by atoms with Crippen LogP contribution in [0.15, 0.2) is 60.8 Å². The number of esters is 1. The highest BCUT2D eigenvalue weighted by Crippen LogP contribution is 2.18. The van der Waals surface area contributed by atoms with Crippen molar-refractivity contribution in [3.63, 3.8) is 0 Å². The van der Waals surface area contributed by atoms with E-state index in [4.69, 9.17) is 14.9 Å². The van der Waals surface area contributed by atoms with Crippen LogP contribution in [-0.2, 0) is 23.9 Å². The molecule has 0 bridgehead atoms. The van der Waals surface area contributed by atoms with Gasteiger partial charge in [0.25, 0.3) is 0 Å². The van der Waals surface area contributed by atoms with Crippen LogP contribution < -0.4 is 10.6 Å². The van der Waals surface area contributed by atoms with Gasteiger partial charge in [0.1, 0.15) is 12.1 Å². The van der Waals surface area contributed by atoms with Crippen molar-refractivity contribution in [2.45, 2.75) is 212 Å². The summed E-state index contributed by atoms with van der Waals surface area (Å²) in [6, 6.07) is -1.39. The third-order valence-electron chi connectivity index (χ3n) is 10.00. The van der Waals surface area contributed by atoms with Gasteiger partial charge in [-0.05, 0) is 103 Å². The van der Waals surface area contributed by atoms with E-state index in [2.05, 4.69) is 85.2 Å². The number of aliphatic hydroxyl groups excluding tert-OH is 1. The van der Waals surface area contributed by atoms with Gasteiger partial charge < -0.3 is 25.6 Å². The molecular formula is C49H84N2O7. The van der Waals surface area contributed by atoms with Gasteiger partial charge in [-0.25, -0.2) is 4.79 Å². The van der Waals surface area contributed by atoms with Crippen molar-refractivity contribution in [1.82, 2.24) is 10.6 Å². The summed E-state index contributed by atoms with van der Waals surface area (Å²) in [4.78, 5) is 47.7. The SMILES string of the molecule is CC/C=C\C/C=C\C/C=C\CCCCCCCC(=O)OC(CCCCC/C=C\C/C=C\CCCCCCC)CCCCCCCC(=O)NCC(=O)NC(CO)C(=O)O. The lowest BCUT2D eigenvalue weighted by Gasteiger charge is -2.18. The lowest BCUT2D eigenvalue weighted by molar-refractivity contribution is -0.150. The molecule has 0 aliphatic carbocycles. The first-order valence-corrected chi connectivity index (χ1v) is 23.2. The fourth-order valence-electron chi connectivity index (χ4n) is 6.46. The first kappa shape index (κ1) is 54.5. The molecule has 332 valence electrons. The summed E-state index contributed by atoms with van der Waals surface area (Å²) in [7, 11) is 0. The molecule has 0 aromatic heterocycles. The van der Waals surface area contributed by atoms with Crippen molar-refractivity contribution in [2.24, 2.45) is 0 Å². The van der Waals surface area contributed by atoms with Gasteiger partial charge in [0.2, 0.25) is 11.8 Å². The monoisotopic (exact) mass is 813 g/mol. The summed E-state index contributed by atoms with van der Waals surface area (Å²) in [6.45, 7) is 3.36. The number of aliphatic carboxylic acids is 1. The molecule has 0 aromatic rings. The minimum Gasteiger partial charge on any atom is -0.480 e. The molecular weight excluding hydrogens is 729 g/mol. The Morgan fingerprint density at radius 2 is 0.983 bits per heavy atom. The Bertz CT molecular complexity index is 1160. The smallest absolute Gasteiger partial charge is 0.328 e. The average Bonchev–Trinajstić information content (AvgIpc) is 3.21. The molecule has 0 rings (SSSR count). The number of hydrogen-bond donors (Lipinski definition) is 4. The third-order valence-corrected chi connectivity index (χ3v) is 10.00. The number of carboxylic acid groups (broad SMARTS) is 1. The number of rotatable bonds is 41. The zero-order valence-electron chi connectivity index (χ0n) is 36.8. The van der Waals surface area contributed by atoms with Gasteiger partial charge >= 0.3 is 11.9 Å².